The highest BCUT2D eigenvalue weighted by atomic mass is 16.3. The van der Waals surface area contributed by atoms with E-state index in [0.29, 0.717) is 5.75 Å². The summed E-state index contributed by atoms with van der Waals surface area (Å²) in [6.07, 6.45) is 3.82. The minimum atomic E-state index is 0.295. The third-order valence-corrected chi connectivity index (χ3v) is 3.55. The Hall–Kier alpha value is -2.81. The van der Waals surface area contributed by atoms with Crippen LogP contribution in [0, 0.1) is 0 Å². The van der Waals surface area contributed by atoms with Crippen LogP contribution in [0.4, 0.5) is 0 Å². The average Bonchev–Trinajstić information content (AvgIpc) is 2.94. The van der Waals surface area contributed by atoms with Crippen LogP contribution < -0.4 is 0 Å². The largest absolute Gasteiger partial charge is 0.508 e. The standard InChI is InChI=1S/C17H12N2O/c20-17-6-4-12-9-13(1-2-14(12)10-17)15-3-5-16-7-8-18-19(16)11-15/h1-11,20H. The normalized spacial score (nSPS) is 11.2. The van der Waals surface area contributed by atoms with Crippen molar-refractivity contribution < 1.29 is 5.11 Å². The van der Waals surface area contributed by atoms with Crippen molar-refractivity contribution in [3.8, 4) is 16.9 Å². The van der Waals surface area contributed by atoms with E-state index in [1.165, 1.54) is 0 Å². The smallest absolute Gasteiger partial charge is 0.116 e. The van der Waals surface area contributed by atoms with Crippen LogP contribution in [0.5, 0.6) is 5.75 Å². The molecule has 3 heteroatoms. The minimum Gasteiger partial charge on any atom is -0.508 e. The van der Waals surface area contributed by atoms with E-state index in [1.807, 2.05) is 28.9 Å². The van der Waals surface area contributed by atoms with Gasteiger partial charge in [-0.25, -0.2) is 4.52 Å². The van der Waals surface area contributed by atoms with Gasteiger partial charge in [-0.15, -0.1) is 0 Å². The highest BCUT2D eigenvalue weighted by Gasteiger charge is 2.02. The molecule has 0 radical (unpaired) electrons. The van der Waals surface area contributed by atoms with Crippen LogP contribution in [0.1, 0.15) is 0 Å². The molecule has 1 N–H and O–H groups in total. The SMILES string of the molecule is Oc1ccc2cc(-c3ccc4ccnn4c3)ccc2c1. The quantitative estimate of drug-likeness (QED) is 0.564. The van der Waals surface area contributed by atoms with Crippen LogP contribution in [0.15, 0.2) is 67.0 Å². The van der Waals surface area contributed by atoms with Crippen LogP contribution >= 0.6 is 0 Å². The molecule has 2 heterocycles. The van der Waals surface area contributed by atoms with Gasteiger partial charge in [0.2, 0.25) is 0 Å². The van der Waals surface area contributed by atoms with Gasteiger partial charge < -0.3 is 5.11 Å². The molecule has 0 saturated carbocycles. The van der Waals surface area contributed by atoms with Gasteiger partial charge in [0.1, 0.15) is 5.75 Å². The van der Waals surface area contributed by atoms with Gasteiger partial charge in [0, 0.05) is 18.0 Å². The number of benzene rings is 2. The van der Waals surface area contributed by atoms with E-state index in [1.54, 1.807) is 18.3 Å². The van der Waals surface area contributed by atoms with Gasteiger partial charge in [-0.3, -0.25) is 0 Å². The lowest BCUT2D eigenvalue weighted by atomic mass is 10.0. The Morgan fingerprint density at radius 2 is 1.60 bits per heavy atom. The van der Waals surface area contributed by atoms with Gasteiger partial charge >= 0.3 is 0 Å². The Kier molecular flexibility index (Phi) is 2.27. The van der Waals surface area contributed by atoms with Gasteiger partial charge in [0.05, 0.1) is 5.52 Å². The molecule has 0 spiro atoms. The van der Waals surface area contributed by atoms with E-state index >= 15 is 0 Å². The van der Waals surface area contributed by atoms with Crippen LogP contribution in [-0.2, 0) is 0 Å². The molecule has 0 aliphatic carbocycles. The number of hydrogen-bond donors (Lipinski definition) is 1. The maximum absolute atomic E-state index is 9.50. The number of aromatic nitrogens is 2. The Morgan fingerprint density at radius 1 is 0.800 bits per heavy atom. The monoisotopic (exact) mass is 260 g/mol. The van der Waals surface area contributed by atoms with Crippen molar-refractivity contribution in [3.63, 3.8) is 0 Å². The second-order valence-electron chi connectivity index (χ2n) is 4.86. The summed E-state index contributed by atoms with van der Waals surface area (Å²) in [6, 6.07) is 17.8. The van der Waals surface area contributed by atoms with Crippen molar-refractivity contribution >= 4 is 16.3 Å². The topological polar surface area (TPSA) is 37.5 Å². The van der Waals surface area contributed by atoms with Gasteiger partial charge in [0.15, 0.2) is 0 Å². The predicted octanol–water partition coefficient (Wildman–Crippen LogP) is 3.86. The number of phenolic OH excluding ortho intramolecular Hbond substituents is 1. The molecule has 96 valence electrons. The van der Waals surface area contributed by atoms with Crippen LogP contribution in [-0.4, -0.2) is 14.7 Å². The van der Waals surface area contributed by atoms with Gasteiger partial charge in [-0.05, 0) is 46.7 Å². The lowest BCUT2D eigenvalue weighted by Crippen LogP contribution is -1.88. The fourth-order valence-corrected chi connectivity index (χ4v) is 2.50. The van der Waals surface area contributed by atoms with Crippen molar-refractivity contribution in [1.82, 2.24) is 9.61 Å². The molecular formula is C17H12N2O. The molecule has 0 aliphatic heterocycles. The molecule has 0 aliphatic rings. The molecule has 0 bridgehead atoms. The lowest BCUT2D eigenvalue weighted by molar-refractivity contribution is 0.476. The molecular weight excluding hydrogens is 248 g/mol. The molecule has 0 saturated heterocycles. The Balaban J connectivity index is 1.90. The molecule has 4 aromatic rings. The second-order valence-corrected chi connectivity index (χ2v) is 4.86. The summed E-state index contributed by atoms with van der Waals surface area (Å²) >= 11 is 0. The maximum Gasteiger partial charge on any atom is 0.116 e. The van der Waals surface area contributed by atoms with E-state index in [2.05, 4.69) is 29.4 Å². The highest BCUT2D eigenvalue weighted by molar-refractivity contribution is 5.88. The van der Waals surface area contributed by atoms with Crippen molar-refractivity contribution in [1.29, 1.82) is 0 Å². The van der Waals surface area contributed by atoms with Crippen molar-refractivity contribution in [2.24, 2.45) is 0 Å². The highest BCUT2D eigenvalue weighted by Crippen LogP contribution is 2.26. The fourth-order valence-electron chi connectivity index (χ4n) is 2.50. The number of hydrogen-bond acceptors (Lipinski definition) is 2. The number of phenols is 1. The Labute approximate surface area is 115 Å². The zero-order valence-corrected chi connectivity index (χ0v) is 10.7. The Bertz CT molecular complexity index is 924. The Morgan fingerprint density at radius 3 is 2.55 bits per heavy atom. The minimum absolute atomic E-state index is 0.295. The van der Waals surface area contributed by atoms with E-state index in [0.717, 1.165) is 27.4 Å². The van der Waals surface area contributed by atoms with E-state index in [9.17, 15) is 5.11 Å². The van der Waals surface area contributed by atoms with Gasteiger partial charge in [-0.2, -0.15) is 5.10 Å². The summed E-state index contributed by atoms with van der Waals surface area (Å²) in [6.45, 7) is 0. The number of rotatable bonds is 1. The summed E-state index contributed by atoms with van der Waals surface area (Å²) in [5, 5.41) is 15.9. The first-order valence-corrected chi connectivity index (χ1v) is 6.46. The number of fused-ring (bicyclic) bond motifs is 2. The molecule has 0 amide bonds. The summed E-state index contributed by atoms with van der Waals surface area (Å²) in [4.78, 5) is 0. The average molecular weight is 260 g/mol. The summed E-state index contributed by atoms with van der Waals surface area (Å²) in [7, 11) is 0. The molecule has 20 heavy (non-hydrogen) atoms. The predicted molar refractivity (Wildman–Crippen MR) is 79.8 cm³/mol. The molecule has 0 atom stereocenters. The fraction of sp³-hybridized carbons (Fsp3) is 0. The van der Waals surface area contributed by atoms with E-state index in [4.69, 9.17) is 0 Å². The third-order valence-electron chi connectivity index (χ3n) is 3.55. The summed E-state index contributed by atoms with van der Waals surface area (Å²) in [5.41, 5.74) is 3.34. The van der Waals surface area contributed by atoms with E-state index < -0.39 is 0 Å². The first kappa shape index (κ1) is 11.1. The summed E-state index contributed by atoms with van der Waals surface area (Å²) < 4.78 is 1.87. The molecule has 0 fully saturated rings. The second kappa shape index (κ2) is 4.10. The lowest BCUT2D eigenvalue weighted by Gasteiger charge is -2.05. The molecule has 0 unspecified atom stereocenters. The summed E-state index contributed by atoms with van der Waals surface area (Å²) in [5.74, 6) is 0.295. The zero-order chi connectivity index (χ0) is 13.5. The van der Waals surface area contributed by atoms with Crippen molar-refractivity contribution in [2.45, 2.75) is 0 Å². The van der Waals surface area contributed by atoms with Gasteiger partial charge in [-0.1, -0.05) is 24.3 Å². The zero-order valence-electron chi connectivity index (χ0n) is 10.7. The van der Waals surface area contributed by atoms with Gasteiger partial charge in [0.25, 0.3) is 0 Å². The molecule has 2 aromatic carbocycles. The number of nitrogens with zero attached hydrogens (tertiary/aromatic N) is 2. The van der Waals surface area contributed by atoms with E-state index in [-0.39, 0.29) is 0 Å². The van der Waals surface area contributed by atoms with Crippen LogP contribution in [0.25, 0.3) is 27.4 Å². The van der Waals surface area contributed by atoms with Crippen molar-refractivity contribution in [3.05, 3.63) is 67.0 Å². The number of aromatic hydroxyl groups is 1. The molecule has 3 nitrogen and oxygen atoms in total. The van der Waals surface area contributed by atoms with Crippen LogP contribution in [0.2, 0.25) is 0 Å². The number of pyridine rings is 1. The molecule has 4 rings (SSSR count). The third kappa shape index (κ3) is 1.72. The first-order chi connectivity index (χ1) is 9.79. The van der Waals surface area contributed by atoms with Crippen molar-refractivity contribution in [2.75, 3.05) is 0 Å². The first-order valence-electron chi connectivity index (χ1n) is 6.46. The van der Waals surface area contributed by atoms with Crippen LogP contribution in [0.3, 0.4) is 0 Å². The maximum atomic E-state index is 9.50. The molecule has 2 aromatic heterocycles.